The molecule has 1 aliphatic heterocycles. The largest absolute Gasteiger partial charge is 0.370 e. The van der Waals surface area contributed by atoms with Crippen LogP contribution in [0.4, 0.5) is 11.8 Å². The van der Waals surface area contributed by atoms with Crippen molar-refractivity contribution in [2.24, 2.45) is 0 Å². The molecule has 1 aliphatic rings. The minimum atomic E-state index is -2.90. The van der Waals surface area contributed by atoms with Gasteiger partial charge in [-0.3, -0.25) is 0 Å². The Labute approximate surface area is 120 Å². The topological polar surface area (TPSA) is 75.2 Å². The van der Waals surface area contributed by atoms with Gasteiger partial charge in [0.25, 0.3) is 0 Å². The maximum atomic E-state index is 11.6. The normalized spacial score (nSPS) is 20.8. The van der Waals surface area contributed by atoms with Crippen LogP contribution in [0.1, 0.15) is 26.7 Å². The summed E-state index contributed by atoms with van der Waals surface area (Å²) in [6.07, 6.45) is 3.40. The summed E-state index contributed by atoms with van der Waals surface area (Å²) in [4.78, 5) is 10.8. The second-order valence-electron chi connectivity index (χ2n) is 5.01. The Hall–Kier alpha value is -1.37. The Morgan fingerprint density at radius 1 is 1.45 bits per heavy atom. The molecule has 20 heavy (non-hydrogen) atoms. The maximum Gasteiger partial charge on any atom is 0.227 e. The van der Waals surface area contributed by atoms with Crippen molar-refractivity contribution in [2.45, 2.75) is 32.7 Å². The van der Waals surface area contributed by atoms with E-state index in [1.807, 2.05) is 17.9 Å². The van der Waals surface area contributed by atoms with Crippen molar-refractivity contribution < 1.29 is 8.42 Å². The van der Waals surface area contributed by atoms with Crippen LogP contribution in [-0.4, -0.2) is 49.0 Å². The third-order valence-electron chi connectivity index (χ3n) is 3.45. The van der Waals surface area contributed by atoms with Crippen molar-refractivity contribution in [3.8, 4) is 0 Å². The predicted octanol–water partition coefficient (Wildman–Crippen LogP) is 1.31. The summed E-state index contributed by atoms with van der Waals surface area (Å²) in [6.45, 7) is 5.66. The van der Waals surface area contributed by atoms with Gasteiger partial charge in [-0.1, -0.05) is 6.92 Å². The second-order valence-corrected chi connectivity index (χ2v) is 7.24. The van der Waals surface area contributed by atoms with Gasteiger partial charge in [0.2, 0.25) is 5.95 Å². The number of hydrogen-bond donors (Lipinski definition) is 1. The molecule has 0 spiro atoms. The minimum absolute atomic E-state index is 0.00794. The fourth-order valence-corrected chi connectivity index (χ4v) is 4.15. The van der Waals surface area contributed by atoms with Crippen LogP contribution >= 0.6 is 0 Å². The number of sulfone groups is 1. The Balaban J connectivity index is 2.15. The van der Waals surface area contributed by atoms with Crippen LogP contribution in [0.2, 0.25) is 0 Å². The second kappa shape index (κ2) is 6.39. The van der Waals surface area contributed by atoms with E-state index < -0.39 is 9.84 Å². The molecule has 1 N–H and O–H groups in total. The van der Waals surface area contributed by atoms with Crippen LogP contribution in [0.25, 0.3) is 0 Å². The van der Waals surface area contributed by atoms with E-state index in [0.29, 0.717) is 18.9 Å². The standard InChI is InChI=1S/C13H22N4O2S/c1-3-7-14-12-5-8-15-13(16-12)17(4-2)11-6-9-20(18,19)10-11/h5,8,11H,3-4,6-7,9-10H2,1-2H3,(H,14,15,16). The summed E-state index contributed by atoms with van der Waals surface area (Å²) in [6, 6.07) is 1.82. The number of rotatable bonds is 6. The van der Waals surface area contributed by atoms with E-state index in [-0.39, 0.29) is 17.5 Å². The summed E-state index contributed by atoms with van der Waals surface area (Å²) >= 11 is 0. The summed E-state index contributed by atoms with van der Waals surface area (Å²) < 4.78 is 23.2. The van der Waals surface area contributed by atoms with Crippen molar-refractivity contribution in [1.82, 2.24) is 9.97 Å². The molecule has 2 heterocycles. The SMILES string of the molecule is CCCNc1ccnc(N(CC)C2CCS(=O)(=O)C2)n1. The molecule has 6 nitrogen and oxygen atoms in total. The molecule has 1 atom stereocenters. The van der Waals surface area contributed by atoms with Gasteiger partial charge in [-0.2, -0.15) is 4.98 Å². The molecule has 0 aromatic carbocycles. The fraction of sp³-hybridized carbons (Fsp3) is 0.692. The first-order valence-electron chi connectivity index (χ1n) is 7.09. The number of aromatic nitrogens is 2. The zero-order valence-electron chi connectivity index (χ0n) is 12.0. The molecule has 1 saturated heterocycles. The number of nitrogens with zero attached hydrogens (tertiary/aromatic N) is 3. The monoisotopic (exact) mass is 298 g/mol. The van der Waals surface area contributed by atoms with Crippen LogP contribution < -0.4 is 10.2 Å². The van der Waals surface area contributed by atoms with Gasteiger partial charge < -0.3 is 10.2 Å². The molecular weight excluding hydrogens is 276 g/mol. The zero-order chi connectivity index (χ0) is 14.6. The molecule has 0 bridgehead atoms. The lowest BCUT2D eigenvalue weighted by Crippen LogP contribution is -2.37. The van der Waals surface area contributed by atoms with E-state index in [9.17, 15) is 8.42 Å². The molecule has 1 aromatic rings. The van der Waals surface area contributed by atoms with Crippen LogP contribution in [0.5, 0.6) is 0 Å². The highest BCUT2D eigenvalue weighted by molar-refractivity contribution is 7.91. The fourth-order valence-electron chi connectivity index (χ4n) is 2.42. The number of anilines is 2. The zero-order valence-corrected chi connectivity index (χ0v) is 12.9. The lowest BCUT2D eigenvalue weighted by atomic mass is 10.2. The van der Waals surface area contributed by atoms with Gasteiger partial charge in [0.15, 0.2) is 9.84 Å². The summed E-state index contributed by atoms with van der Waals surface area (Å²) in [7, 11) is -2.90. The highest BCUT2D eigenvalue weighted by Gasteiger charge is 2.32. The van der Waals surface area contributed by atoms with Gasteiger partial charge in [-0.15, -0.1) is 0 Å². The number of hydrogen-bond acceptors (Lipinski definition) is 6. The summed E-state index contributed by atoms with van der Waals surface area (Å²) in [5.41, 5.74) is 0. The van der Waals surface area contributed by atoms with Gasteiger partial charge in [0.05, 0.1) is 11.5 Å². The number of nitrogens with one attached hydrogen (secondary N) is 1. The lowest BCUT2D eigenvalue weighted by molar-refractivity contribution is 0.599. The van der Waals surface area contributed by atoms with Crippen molar-refractivity contribution in [3.05, 3.63) is 12.3 Å². The van der Waals surface area contributed by atoms with E-state index in [0.717, 1.165) is 18.8 Å². The van der Waals surface area contributed by atoms with E-state index in [2.05, 4.69) is 22.2 Å². The molecule has 112 valence electrons. The van der Waals surface area contributed by atoms with Gasteiger partial charge in [-0.25, -0.2) is 13.4 Å². The molecule has 0 saturated carbocycles. The Morgan fingerprint density at radius 2 is 2.25 bits per heavy atom. The third-order valence-corrected chi connectivity index (χ3v) is 5.20. The van der Waals surface area contributed by atoms with Gasteiger partial charge >= 0.3 is 0 Å². The first-order chi connectivity index (χ1) is 9.55. The van der Waals surface area contributed by atoms with E-state index in [1.54, 1.807) is 6.20 Å². The third kappa shape index (κ3) is 3.59. The molecule has 1 aromatic heterocycles. The van der Waals surface area contributed by atoms with Gasteiger partial charge in [-0.05, 0) is 25.8 Å². The molecule has 2 rings (SSSR count). The van der Waals surface area contributed by atoms with E-state index in [4.69, 9.17) is 0 Å². The van der Waals surface area contributed by atoms with Crippen LogP contribution in [0.15, 0.2) is 12.3 Å². The average molecular weight is 298 g/mol. The summed E-state index contributed by atoms with van der Waals surface area (Å²) in [5.74, 6) is 1.87. The highest BCUT2D eigenvalue weighted by Crippen LogP contribution is 2.22. The molecular formula is C13H22N4O2S. The first-order valence-corrected chi connectivity index (χ1v) is 8.92. The van der Waals surface area contributed by atoms with E-state index >= 15 is 0 Å². The summed E-state index contributed by atoms with van der Waals surface area (Å²) in [5, 5.41) is 3.22. The van der Waals surface area contributed by atoms with Crippen molar-refractivity contribution in [1.29, 1.82) is 0 Å². The van der Waals surface area contributed by atoms with Gasteiger partial charge in [0, 0.05) is 25.3 Å². The van der Waals surface area contributed by atoms with Crippen molar-refractivity contribution in [2.75, 3.05) is 34.8 Å². The van der Waals surface area contributed by atoms with Crippen LogP contribution in [-0.2, 0) is 9.84 Å². The highest BCUT2D eigenvalue weighted by atomic mass is 32.2. The van der Waals surface area contributed by atoms with Crippen LogP contribution in [0, 0.1) is 0 Å². The minimum Gasteiger partial charge on any atom is -0.370 e. The molecule has 1 unspecified atom stereocenters. The van der Waals surface area contributed by atoms with Crippen molar-refractivity contribution in [3.63, 3.8) is 0 Å². The molecule has 1 fully saturated rings. The quantitative estimate of drug-likeness (QED) is 0.853. The smallest absolute Gasteiger partial charge is 0.227 e. The van der Waals surface area contributed by atoms with E-state index in [1.165, 1.54) is 0 Å². The maximum absolute atomic E-state index is 11.6. The van der Waals surface area contributed by atoms with Gasteiger partial charge in [0.1, 0.15) is 5.82 Å². The molecule has 0 amide bonds. The lowest BCUT2D eigenvalue weighted by Gasteiger charge is -2.26. The Kier molecular flexibility index (Phi) is 4.80. The Morgan fingerprint density at radius 3 is 2.85 bits per heavy atom. The predicted molar refractivity (Wildman–Crippen MR) is 80.9 cm³/mol. The van der Waals surface area contributed by atoms with Crippen LogP contribution in [0.3, 0.4) is 0 Å². The molecule has 7 heteroatoms. The van der Waals surface area contributed by atoms with Crippen molar-refractivity contribution >= 4 is 21.6 Å². The Bertz CT molecular complexity index is 547. The molecule has 0 radical (unpaired) electrons. The molecule has 0 aliphatic carbocycles. The average Bonchev–Trinajstić information content (AvgIpc) is 2.78. The first kappa shape index (κ1) is 15.0.